The highest BCUT2D eigenvalue weighted by atomic mass is 16.5. The Hall–Kier alpha value is -1.36. The van der Waals surface area contributed by atoms with Gasteiger partial charge in [0.25, 0.3) is 0 Å². The van der Waals surface area contributed by atoms with Crippen molar-refractivity contribution in [3.63, 3.8) is 0 Å². The van der Waals surface area contributed by atoms with Gasteiger partial charge in [-0.05, 0) is 13.3 Å². The Morgan fingerprint density at radius 2 is 2.50 bits per heavy atom. The van der Waals surface area contributed by atoms with Crippen LogP contribution in [0.3, 0.4) is 0 Å². The first-order valence-corrected chi connectivity index (χ1v) is 5.52. The van der Waals surface area contributed by atoms with Gasteiger partial charge in [0.1, 0.15) is 0 Å². The van der Waals surface area contributed by atoms with Crippen LogP contribution in [-0.2, 0) is 4.74 Å². The molecule has 0 amide bonds. The van der Waals surface area contributed by atoms with E-state index in [1.165, 1.54) is 0 Å². The lowest BCUT2D eigenvalue weighted by molar-refractivity contribution is 0.108. The van der Waals surface area contributed by atoms with Crippen LogP contribution in [0, 0.1) is 5.92 Å². The molecule has 1 saturated heterocycles. The molecule has 0 radical (unpaired) electrons. The van der Waals surface area contributed by atoms with Crippen LogP contribution in [0.4, 0.5) is 5.95 Å². The van der Waals surface area contributed by atoms with Crippen molar-refractivity contribution < 1.29 is 9.47 Å². The maximum absolute atomic E-state index is 5.49. The van der Waals surface area contributed by atoms with E-state index < -0.39 is 0 Å². The Morgan fingerprint density at radius 1 is 1.62 bits per heavy atom. The SMILES string of the molecule is COc1ccnc(NCC2CCOC2C)n1. The van der Waals surface area contributed by atoms with Gasteiger partial charge in [-0.3, -0.25) is 0 Å². The van der Waals surface area contributed by atoms with Crippen molar-refractivity contribution >= 4 is 5.95 Å². The lowest BCUT2D eigenvalue weighted by Crippen LogP contribution is -2.21. The number of hydrogen-bond acceptors (Lipinski definition) is 5. The van der Waals surface area contributed by atoms with Crippen molar-refractivity contribution in [2.45, 2.75) is 19.4 Å². The molecule has 5 nitrogen and oxygen atoms in total. The fraction of sp³-hybridized carbons (Fsp3) is 0.636. The van der Waals surface area contributed by atoms with E-state index in [1.807, 2.05) is 0 Å². The van der Waals surface area contributed by atoms with Gasteiger partial charge in [-0.15, -0.1) is 0 Å². The average molecular weight is 223 g/mol. The highest BCUT2D eigenvalue weighted by Crippen LogP contribution is 2.20. The summed E-state index contributed by atoms with van der Waals surface area (Å²) in [6.45, 7) is 3.80. The molecule has 0 aliphatic carbocycles. The first kappa shape index (κ1) is 11.1. The van der Waals surface area contributed by atoms with E-state index in [0.29, 0.717) is 23.9 Å². The molecule has 0 bridgehead atoms. The van der Waals surface area contributed by atoms with Crippen LogP contribution in [0.5, 0.6) is 5.88 Å². The normalized spacial score (nSPS) is 24.4. The van der Waals surface area contributed by atoms with Crippen LogP contribution in [0.2, 0.25) is 0 Å². The number of nitrogens with zero attached hydrogens (tertiary/aromatic N) is 2. The summed E-state index contributed by atoms with van der Waals surface area (Å²) in [7, 11) is 1.60. The van der Waals surface area contributed by atoms with Crippen LogP contribution < -0.4 is 10.1 Å². The molecule has 1 aliphatic rings. The third-order valence-corrected chi connectivity index (χ3v) is 2.89. The Balaban J connectivity index is 1.88. The van der Waals surface area contributed by atoms with Gasteiger partial charge in [-0.1, -0.05) is 0 Å². The predicted molar refractivity (Wildman–Crippen MR) is 60.6 cm³/mol. The van der Waals surface area contributed by atoms with E-state index in [-0.39, 0.29) is 0 Å². The van der Waals surface area contributed by atoms with Crippen molar-refractivity contribution in [3.05, 3.63) is 12.3 Å². The van der Waals surface area contributed by atoms with Gasteiger partial charge < -0.3 is 14.8 Å². The van der Waals surface area contributed by atoms with Gasteiger partial charge in [0.05, 0.1) is 13.2 Å². The third kappa shape index (κ3) is 2.61. The maximum Gasteiger partial charge on any atom is 0.225 e. The zero-order chi connectivity index (χ0) is 11.4. The van der Waals surface area contributed by atoms with Gasteiger partial charge in [0.15, 0.2) is 0 Å². The number of methoxy groups -OCH3 is 1. The zero-order valence-corrected chi connectivity index (χ0v) is 9.64. The lowest BCUT2D eigenvalue weighted by Gasteiger charge is -2.14. The smallest absolute Gasteiger partial charge is 0.225 e. The maximum atomic E-state index is 5.49. The highest BCUT2D eigenvalue weighted by molar-refractivity contribution is 5.27. The Labute approximate surface area is 95.2 Å². The van der Waals surface area contributed by atoms with E-state index in [0.717, 1.165) is 19.6 Å². The highest BCUT2D eigenvalue weighted by Gasteiger charge is 2.23. The summed E-state index contributed by atoms with van der Waals surface area (Å²) in [5, 5.41) is 3.21. The van der Waals surface area contributed by atoms with Gasteiger partial charge in [-0.25, -0.2) is 4.98 Å². The second kappa shape index (κ2) is 5.12. The van der Waals surface area contributed by atoms with E-state index in [9.17, 15) is 0 Å². The summed E-state index contributed by atoms with van der Waals surface area (Å²) in [5.41, 5.74) is 0. The monoisotopic (exact) mass is 223 g/mol. The molecule has 16 heavy (non-hydrogen) atoms. The second-order valence-electron chi connectivity index (χ2n) is 3.93. The van der Waals surface area contributed by atoms with Crippen molar-refractivity contribution in [1.29, 1.82) is 0 Å². The quantitative estimate of drug-likeness (QED) is 0.834. The molecule has 88 valence electrons. The van der Waals surface area contributed by atoms with Crippen molar-refractivity contribution in [1.82, 2.24) is 9.97 Å². The minimum Gasteiger partial charge on any atom is -0.481 e. The van der Waals surface area contributed by atoms with Gasteiger partial charge >= 0.3 is 0 Å². The van der Waals surface area contributed by atoms with Crippen LogP contribution in [-0.4, -0.2) is 36.3 Å². The largest absolute Gasteiger partial charge is 0.481 e. The molecule has 1 fully saturated rings. The first-order valence-electron chi connectivity index (χ1n) is 5.52. The molecule has 0 spiro atoms. The molecule has 1 aromatic rings. The minimum atomic E-state index is 0.318. The Kier molecular flexibility index (Phi) is 3.56. The zero-order valence-electron chi connectivity index (χ0n) is 9.64. The van der Waals surface area contributed by atoms with E-state index >= 15 is 0 Å². The predicted octanol–water partition coefficient (Wildman–Crippen LogP) is 1.32. The number of ether oxygens (including phenoxy) is 2. The van der Waals surface area contributed by atoms with Crippen molar-refractivity contribution in [2.75, 3.05) is 25.6 Å². The summed E-state index contributed by atoms with van der Waals surface area (Å²) in [5.74, 6) is 1.72. The molecule has 2 heterocycles. The standard InChI is InChI=1S/C11H17N3O2/c1-8-9(4-6-16-8)7-13-11-12-5-3-10(14-11)15-2/h3,5,8-9H,4,6-7H2,1-2H3,(H,12,13,14). The number of nitrogens with one attached hydrogen (secondary N) is 1. The summed E-state index contributed by atoms with van der Waals surface area (Å²) in [6, 6.07) is 1.73. The molecule has 0 saturated carbocycles. The summed E-state index contributed by atoms with van der Waals surface area (Å²) >= 11 is 0. The molecule has 1 aliphatic heterocycles. The van der Waals surface area contributed by atoms with Crippen LogP contribution >= 0.6 is 0 Å². The number of rotatable bonds is 4. The fourth-order valence-corrected chi connectivity index (χ4v) is 1.81. The Morgan fingerprint density at radius 3 is 3.19 bits per heavy atom. The van der Waals surface area contributed by atoms with E-state index in [4.69, 9.17) is 9.47 Å². The molecule has 1 aromatic heterocycles. The molecule has 5 heteroatoms. The third-order valence-electron chi connectivity index (χ3n) is 2.89. The van der Waals surface area contributed by atoms with Gasteiger partial charge in [0.2, 0.25) is 11.8 Å². The van der Waals surface area contributed by atoms with E-state index in [1.54, 1.807) is 19.4 Å². The minimum absolute atomic E-state index is 0.318. The number of anilines is 1. The lowest BCUT2D eigenvalue weighted by atomic mass is 10.0. The molecule has 1 N–H and O–H groups in total. The Bertz CT molecular complexity index is 346. The van der Waals surface area contributed by atoms with Crippen LogP contribution in [0.25, 0.3) is 0 Å². The summed E-state index contributed by atoms with van der Waals surface area (Å²) in [4.78, 5) is 8.32. The molecule has 2 unspecified atom stereocenters. The van der Waals surface area contributed by atoms with Crippen molar-refractivity contribution in [2.24, 2.45) is 5.92 Å². The fourth-order valence-electron chi connectivity index (χ4n) is 1.81. The molecular formula is C11H17N3O2. The average Bonchev–Trinajstić information content (AvgIpc) is 2.72. The second-order valence-corrected chi connectivity index (χ2v) is 3.93. The van der Waals surface area contributed by atoms with Gasteiger partial charge in [0, 0.05) is 31.3 Å². The van der Waals surface area contributed by atoms with E-state index in [2.05, 4.69) is 22.2 Å². The number of aromatic nitrogens is 2. The van der Waals surface area contributed by atoms with Crippen molar-refractivity contribution in [3.8, 4) is 5.88 Å². The molecule has 2 atom stereocenters. The summed E-state index contributed by atoms with van der Waals surface area (Å²) in [6.07, 6.45) is 3.10. The molecule has 0 aromatic carbocycles. The number of hydrogen-bond donors (Lipinski definition) is 1. The molecular weight excluding hydrogens is 206 g/mol. The first-order chi connectivity index (χ1) is 7.79. The topological polar surface area (TPSA) is 56.3 Å². The van der Waals surface area contributed by atoms with Crippen LogP contribution in [0.15, 0.2) is 12.3 Å². The van der Waals surface area contributed by atoms with Gasteiger partial charge in [-0.2, -0.15) is 4.98 Å². The summed E-state index contributed by atoms with van der Waals surface area (Å²) < 4.78 is 10.5. The van der Waals surface area contributed by atoms with Crippen LogP contribution in [0.1, 0.15) is 13.3 Å². The molecule has 2 rings (SSSR count).